The molecule has 104 valence electrons. The number of hydrogen-bond acceptors (Lipinski definition) is 4. The summed E-state index contributed by atoms with van der Waals surface area (Å²) in [5.74, 6) is 0.880. The summed E-state index contributed by atoms with van der Waals surface area (Å²) in [6.07, 6.45) is 4.94. The van der Waals surface area contributed by atoms with Crippen molar-refractivity contribution in [3.63, 3.8) is 0 Å². The number of carbonyl (C=O) groups excluding carboxylic acids is 1. The van der Waals surface area contributed by atoms with Crippen LogP contribution in [0.25, 0.3) is 6.08 Å². The van der Waals surface area contributed by atoms with Gasteiger partial charge in [-0.3, -0.25) is 0 Å². The van der Waals surface area contributed by atoms with Crippen molar-refractivity contribution in [1.82, 2.24) is 0 Å². The Labute approximate surface area is 114 Å². The van der Waals surface area contributed by atoms with Crippen LogP contribution in [0.5, 0.6) is 11.5 Å². The average Bonchev–Trinajstić information content (AvgIpc) is 2.44. The van der Waals surface area contributed by atoms with Gasteiger partial charge >= 0.3 is 5.97 Å². The van der Waals surface area contributed by atoms with E-state index in [-0.39, 0.29) is 5.97 Å². The molecule has 1 aromatic carbocycles. The van der Waals surface area contributed by atoms with Gasteiger partial charge in [0.1, 0.15) is 0 Å². The van der Waals surface area contributed by atoms with Gasteiger partial charge in [0, 0.05) is 11.6 Å². The number of methoxy groups -OCH3 is 2. The lowest BCUT2D eigenvalue weighted by molar-refractivity contribution is -0.137. The molecular formula is C15H20O4. The lowest BCUT2D eigenvalue weighted by Gasteiger charge is -2.09. The first-order chi connectivity index (χ1) is 9.22. The standard InChI is InChI=1S/C15H20O4/c1-4-5-11-19-14(16)10-9-12-7-6-8-13(17-2)15(12)18-3/h6-10H,4-5,11H2,1-3H3/b10-9+. The lowest BCUT2D eigenvalue weighted by Crippen LogP contribution is -2.01. The monoisotopic (exact) mass is 264 g/mol. The fourth-order valence-electron chi connectivity index (χ4n) is 1.57. The third kappa shape index (κ3) is 4.66. The van der Waals surface area contributed by atoms with Crippen molar-refractivity contribution in [2.45, 2.75) is 19.8 Å². The minimum absolute atomic E-state index is 0.349. The summed E-state index contributed by atoms with van der Waals surface area (Å²) in [6.45, 7) is 2.50. The first-order valence-electron chi connectivity index (χ1n) is 6.28. The van der Waals surface area contributed by atoms with Crippen molar-refractivity contribution in [3.05, 3.63) is 29.8 Å². The fourth-order valence-corrected chi connectivity index (χ4v) is 1.57. The highest BCUT2D eigenvalue weighted by atomic mass is 16.5. The van der Waals surface area contributed by atoms with E-state index in [1.165, 1.54) is 6.08 Å². The van der Waals surface area contributed by atoms with Crippen LogP contribution in [0.3, 0.4) is 0 Å². The zero-order chi connectivity index (χ0) is 14.1. The van der Waals surface area contributed by atoms with E-state index in [9.17, 15) is 4.79 Å². The first-order valence-corrected chi connectivity index (χ1v) is 6.28. The maximum absolute atomic E-state index is 11.5. The van der Waals surface area contributed by atoms with Crippen molar-refractivity contribution < 1.29 is 19.0 Å². The van der Waals surface area contributed by atoms with Crippen LogP contribution in [-0.2, 0) is 9.53 Å². The molecule has 1 aromatic rings. The van der Waals surface area contributed by atoms with Gasteiger partial charge < -0.3 is 14.2 Å². The second-order valence-electron chi connectivity index (χ2n) is 3.94. The van der Waals surface area contributed by atoms with Gasteiger partial charge in [-0.2, -0.15) is 0 Å². The first kappa shape index (κ1) is 15.1. The molecule has 0 bridgehead atoms. The molecule has 19 heavy (non-hydrogen) atoms. The third-order valence-corrected chi connectivity index (χ3v) is 2.57. The normalized spacial score (nSPS) is 10.5. The number of para-hydroxylation sites is 1. The molecule has 0 radical (unpaired) electrons. The predicted molar refractivity (Wildman–Crippen MR) is 74.4 cm³/mol. The molecule has 0 atom stereocenters. The summed E-state index contributed by atoms with van der Waals surface area (Å²) in [7, 11) is 3.14. The van der Waals surface area contributed by atoms with Crippen LogP contribution < -0.4 is 9.47 Å². The Hall–Kier alpha value is -1.97. The molecule has 0 amide bonds. The SMILES string of the molecule is CCCCOC(=O)/C=C/c1cccc(OC)c1OC. The molecular weight excluding hydrogens is 244 g/mol. The van der Waals surface area contributed by atoms with Crippen molar-refractivity contribution in [1.29, 1.82) is 0 Å². The summed E-state index contributed by atoms with van der Waals surface area (Å²) in [4.78, 5) is 11.5. The minimum atomic E-state index is -0.349. The number of unbranched alkanes of at least 4 members (excludes halogenated alkanes) is 1. The summed E-state index contributed by atoms with van der Waals surface area (Å²) >= 11 is 0. The number of rotatable bonds is 7. The molecule has 0 unspecified atom stereocenters. The predicted octanol–water partition coefficient (Wildman–Crippen LogP) is 3.06. The van der Waals surface area contributed by atoms with Gasteiger partial charge in [0.2, 0.25) is 0 Å². The van der Waals surface area contributed by atoms with Crippen molar-refractivity contribution in [2.75, 3.05) is 20.8 Å². The van der Waals surface area contributed by atoms with Gasteiger partial charge in [-0.1, -0.05) is 25.5 Å². The van der Waals surface area contributed by atoms with Crippen LogP contribution in [0, 0.1) is 0 Å². The third-order valence-electron chi connectivity index (χ3n) is 2.57. The number of ether oxygens (including phenoxy) is 3. The molecule has 0 aliphatic rings. The molecule has 0 fully saturated rings. The van der Waals surface area contributed by atoms with E-state index in [1.807, 2.05) is 19.1 Å². The summed E-state index contributed by atoms with van der Waals surface area (Å²) in [5.41, 5.74) is 0.772. The van der Waals surface area contributed by atoms with Crippen molar-refractivity contribution in [2.24, 2.45) is 0 Å². The number of hydrogen-bond donors (Lipinski definition) is 0. The fraction of sp³-hybridized carbons (Fsp3) is 0.400. The number of esters is 1. The van der Waals surface area contributed by atoms with Crippen LogP contribution >= 0.6 is 0 Å². The Morgan fingerprint density at radius 2 is 2.05 bits per heavy atom. The average molecular weight is 264 g/mol. The Kier molecular flexibility index (Phi) is 6.50. The van der Waals surface area contributed by atoms with Crippen molar-refractivity contribution >= 4 is 12.0 Å². The molecule has 0 N–H and O–H groups in total. The van der Waals surface area contributed by atoms with Crippen LogP contribution in [0.1, 0.15) is 25.3 Å². The van der Waals surface area contributed by atoms with Gasteiger partial charge in [-0.05, 0) is 18.6 Å². The lowest BCUT2D eigenvalue weighted by atomic mass is 10.1. The quantitative estimate of drug-likeness (QED) is 0.431. The van der Waals surface area contributed by atoms with Crippen LogP contribution in [0.15, 0.2) is 24.3 Å². The summed E-state index contributed by atoms with van der Waals surface area (Å²) < 4.78 is 15.5. The van der Waals surface area contributed by atoms with Crippen LogP contribution in [-0.4, -0.2) is 26.8 Å². The zero-order valence-corrected chi connectivity index (χ0v) is 11.6. The number of benzene rings is 1. The summed E-state index contributed by atoms with van der Waals surface area (Å²) in [6, 6.07) is 5.48. The Bertz CT molecular complexity index is 438. The van der Waals surface area contributed by atoms with E-state index in [4.69, 9.17) is 14.2 Å². The highest BCUT2D eigenvalue weighted by Gasteiger charge is 2.07. The number of carbonyl (C=O) groups is 1. The highest BCUT2D eigenvalue weighted by molar-refractivity contribution is 5.87. The van der Waals surface area contributed by atoms with Gasteiger partial charge in [0.15, 0.2) is 11.5 Å². The molecule has 0 heterocycles. The topological polar surface area (TPSA) is 44.8 Å². The Balaban J connectivity index is 2.73. The van der Waals surface area contributed by atoms with Gasteiger partial charge in [0.25, 0.3) is 0 Å². The largest absolute Gasteiger partial charge is 0.493 e. The summed E-state index contributed by atoms with van der Waals surface area (Å²) in [5, 5.41) is 0. The molecule has 0 saturated carbocycles. The van der Waals surface area contributed by atoms with Gasteiger partial charge in [-0.25, -0.2) is 4.79 Å². The maximum Gasteiger partial charge on any atom is 0.330 e. The molecule has 0 aliphatic heterocycles. The molecule has 1 rings (SSSR count). The van der Waals surface area contributed by atoms with E-state index in [0.717, 1.165) is 18.4 Å². The van der Waals surface area contributed by atoms with E-state index >= 15 is 0 Å². The van der Waals surface area contributed by atoms with Crippen LogP contribution in [0.4, 0.5) is 0 Å². The molecule has 0 aromatic heterocycles. The molecule has 4 nitrogen and oxygen atoms in total. The second-order valence-corrected chi connectivity index (χ2v) is 3.94. The van der Waals surface area contributed by atoms with Crippen LogP contribution in [0.2, 0.25) is 0 Å². The minimum Gasteiger partial charge on any atom is -0.493 e. The van der Waals surface area contributed by atoms with E-state index in [1.54, 1.807) is 26.4 Å². The van der Waals surface area contributed by atoms with E-state index < -0.39 is 0 Å². The molecule has 0 saturated heterocycles. The highest BCUT2D eigenvalue weighted by Crippen LogP contribution is 2.31. The van der Waals surface area contributed by atoms with E-state index in [2.05, 4.69) is 0 Å². The van der Waals surface area contributed by atoms with E-state index in [0.29, 0.717) is 18.1 Å². The zero-order valence-electron chi connectivity index (χ0n) is 11.6. The van der Waals surface area contributed by atoms with Gasteiger partial charge in [-0.15, -0.1) is 0 Å². The molecule has 0 spiro atoms. The van der Waals surface area contributed by atoms with Crippen molar-refractivity contribution in [3.8, 4) is 11.5 Å². The second kappa shape index (κ2) is 8.19. The Morgan fingerprint density at radius 1 is 1.26 bits per heavy atom. The maximum atomic E-state index is 11.5. The van der Waals surface area contributed by atoms with Gasteiger partial charge in [0.05, 0.1) is 20.8 Å². The molecule has 0 aliphatic carbocycles. The smallest absolute Gasteiger partial charge is 0.330 e. The molecule has 4 heteroatoms. The Morgan fingerprint density at radius 3 is 2.68 bits per heavy atom.